The molecule has 5 rings (SSSR count). The van der Waals surface area contributed by atoms with Crippen LogP contribution >= 0.6 is 0 Å². The number of methoxy groups -OCH3 is 2. The van der Waals surface area contributed by atoms with E-state index in [4.69, 9.17) is 9.47 Å². The van der Waals surface area contributed by atoms with E-state index in [0.717, 1.165) is 18.6 Å². The quantitative estimate of drug-likeness (QED) is 0.352. The summed E-state index contributed by atoms with van der Waals surface area (Å²) in [6, 6.07) is 11.6. The van der Waals surface area contributed by atoms with Crippen molar-refractivity contribution < 1.29 is 14.4 Å². The van der Waals surface area contributed by atoms with Crippen molar-refractivity contribution in [2.75, 3.05) is 51.9 Å². The molecule has 1 aromatic carbocycles. The maximum absolute atomic E-state index is 13.3. The molecule has 3 heterocycles. The minimum Gasteiger partial charge on any atom is -0.497 e. The molecule has 11 heteroatoms. The average molecular weight is 505 g/mol. The van der Waals surface area contributed by atoms with Crippen LogP contribution in [0.15, 0.2) is 35.1 Å². The van der Waals surface area contributed by atoms with Gasteiger partial charge in [0, 0.05) is 45.9 Å². The molecule has 1 aliphatic carbocycles. The summed E-state index contributed by atoms with van der Waals surface area (Å²) in [4.78, 5) is 33.6. The zero-order valence-corrected chi connectivity index (χ0v) is 20.8. The van der Waals surface area contributed by atoms with Crippen LogP contribution in [0, 0.1) is 21.4 Å². The van der Waals surface area contributed by atoms with E-state index in [-0.39, 0.29) is 36.1 Å². The molecule has 0 saturated carbocycles. The Bertz CT molecular complexity index is 1450. The number of ether oxygens (including phenoxy) is 2. The Balaban J connectivity index is 1.51. The van der Waals surface area contributed by atoms with E-state index in [1.165, 1.54) is 28.9 Å². The summed E-state index contributed by atoms with van der Waals surface area (Å²) < 4.78 is 11.9. The van der Waals surface area contributed by atoms with Crippen LogP contribution in [0.2, 0.25) is 0 Å². The number of piperazine rings is 1. The number of nitro groups is 1. The van der Waals surface area contributed by atoms with Gasteiger partial charge in [0.2, 0.25) is 0 Å². The number of pyridine rings is 2. The molecule has 37 heavy (non-hydrogen) atoms. The molecule has 0 spiro atoms. The van der Waals surface area contributed by atoms with Crippen molar-refractivity contribution >= 4 is 22.4 Å². The van der Waals surface area contributed by atoms with Crippen molar-refractivity contribution in [2.24, 2.45) is 0 Å². The number of rotatable bonds is 7. The van der Waals surface area contributed by atoms with Crippen LogP contribution in [-0.2, 0) is 17.7 Å². The lowest BCUT2D eigenvalue weighted by atomic mass is 10.1. The molecule has 0 N–H and O–H groups in total. The zero-order chi connectivity index (χ0) is 26.1. The van der Waals surface area contributed by atoms with Gasteiger partial charge in [-0.15, -0.1) is 0 Å². The molecule has 3 aromatic rings. The monoisotopic (exact) mass is 504 g/mol. The van der Waals surface area contributed by atoms with E-state index >= 15 is 0 Å². The van der Waals surface area contributed by atoms with Gasteiger partial charge in [-0.25, -0.2) is 4.98 Å². The van der Waals surface area contributed by atoms with E-state index < -0.39 is 16.2 Å². The van der Waals surface area contributed by atoms with Crippen LogP contribution in [0.4, 0.5) is 11.4 Å². The topological polar surface area (TPSA) is 127 Å². The lowest BCUT2D eigenvalue weighted by Crippen LogP contribution is -2.48. The first-order valence-electron chi connectivity index (χ1n) is 12.2. The minimum absolute atomic E-state index is 0.134. The maximum atomic E-state index is 13.3. The fraction of sp³-hybridized carbons (Fsp3) is 0.423. The fourth-order valence-electron chi connectivity index (χ4n) is 5.55. The number of hydrogen-bond donors (Lipinski definition) is 0. The molecule has 11 nitrogen and oxygen atoms in total. The zero-order valence-electron chi connectivity index (χ0n) is 20.8. The third-order valence-electron chi connectivity index (χ3n) is 7.35. The van der Waals surface area contributed by atoms with Crippen molar-refractivity contribution in [3.63, 3.8) is 0 Å². The Labute approximate surface area is 213 Å². The first-order chi connectivity index (χ1) is 18.0. The van der Waals surface area contributed by atoms with Gasteiger partial charge in [0.1, 0.15) is 23.0 Å². The summed E-state index contributed by atoms with van der Waals surface area (Å²) >= 11 is 0. The second kappa shape index (κ2) is 10.2. The van der Waals surface area contributed by atoms with Gasteiger partial charge in [-0.3, -0.25) is 24.4 Å². The second-order valence-corrected chi connectivity index (χ2v) is 9.22. The summed E-state index contributed by atoms with van der Waals surface area (Å²) in [5.41, 5.74) is 2.42. The van der Waals surface area contributed by atoms with Crippen LogP contribution in [0.5, 0.6) is 5.75 Å². The van der Waals surface area contributed by atoms with E-state index in [1.54, 1.807) is 13.2 Å². The molecule has 1 atom stereocenters. The van der Waals surface area contributed by atoms with Crippen LogP contribution in [0.1, 0.15) is 29.3 Å². The smallest absolute Gasteiger partial charge is 0.359 e. The van der Waals surface area contributed by atoms with E-state index in [9.17, 15) is 20.2 Å². The highest BCUT2D eigenvalue weighted by Gasteiger charge is 2.35. The van der Waals surface area contributed by atoms with Crippen molar-refractivity contribution in [1.29, 1.82) is 5.26 Å². The molecule has 0 radical (unpaired) electrons. The van der Waals surface area contributed by atoms with Crippen molar-refractivity contribution in [3.05, 3.63) is 67.6 Å². The third-order valence-corrected chi connectivity index (χ3v) is 7.35. The fourth-order valence-corrected chi connectivity index (χ4v) is 5.55. The maximum Gasteiger partial charge on any atom is 0.359 e. The van der Waals surface area contributed by atoms with Gasteiger partial charge in [0.25, 0.3) is 0 Å². The number of anilines is 1. The number of aromatic nitrogens is 2. The SMILES string of the molecule is COCCn1c(=O)c([N+](=O)[O-])c(N2CCN(C3CCc4ccc(OC)cc43)CC2)c2nc(C#N)ccc21. The van der Waals surface area contributed by atoms with Crippen LogP contribution in [-0.4, -0.2) is 66.4 Å². The first-order valence-corrected chi connectivity index (χ1v) is 12.2. The highest BCUT2D eigenvalue weighted by Crippen LogP contribution is 2.39. The summed E-state index contributed by atoms with van der Waals surface area (Å²) in [5.74, 6) is 0.833. The predicted octanol–water partition coefficient (Wildman–Crippen LogP) is 2.64. The van der Waals surface area contributed by atoms with Crippen LogP contribution in [0.25, 0.3) is 11.0 Å². The van der Waals surface area contributed by atoms with Gasteiger partial charge in [-0.05, 0) is 48.2 Å². The largest absolute Gasteiger partial charge is 0.497 e. The normalized spacial score (nSPS) is 17.5. The number of benzene rings is 1. The summed E-state index contributed by atoms with van der Waals surface area (Å²) in [6.07, 6.45) is 2.01. The lowest BCUT2D eigenvalue weighted by Gasteiger charge is -2.39. The van der Waals surface area contributed by atoms with E-state index in [0.29, 0.717) is 31.7 Å². The van der Waals surface area contributed by atoms with E-state index in [1.807, 2.05) is 17.0 Å². The van der Waals surface area contributed by atoms with Crippen LogP contribution in [0.3, 0.4) is 0 Å². The highest BCUT2D eigenvalue weighted by molar-refractivity contribution is 5.94. The molecule has 1 aliphatic heterocycles. The Morgan fingerprint density at radius 2 is 1.97 bits per heavy atom. The molecule has 1 fully saturated rings. The third kappa shape index (κ3) is 4.39. The Hall–Kier alpha value is -4.01. The summed E-state index contributed by atoms with van der Waals surface area (Å²) in [6.45, 7) is 2.67. The lowest BCUT2D eigenvalue weighted by molar-refractivity contribution is -0.385. The number of nitrogens with zero attached hydrogens (tertiary/aromatic N) is 6. The Morgan fingerprint density at radius 3 is 2.65 bits per heavy atom. The van der Waals surface area contributed by atoms with Gasteiger partial charge in [-0.1, -0.05) is 6.07 Å². The Kier molecular flexibility index (Phi) is 6.78. The molecule has 0 amide bonds. The molecule has 2 aromatic heterocycles. The van der Waals surface area contributed by atoms with E-state index in [2.05, 4.69) is 22.0 Å². The van der Waals surface area contributed by atoms with Gasteiger partial charge in [0.05, 0.1) is 24.2 Å². The molecule has 0 bridgehead atoms. The predicted molar refractivity (Wildman–Crippen MR) is 137 cm³/mol. The molecular weight excluding hydrogens is 476 g/mol. The first kappa shape index (κ1) is 24.7. The van der Waals surface area contributed by atoms with Gasteiger partial charge in [0.15, 0.2) is 5.69 Å². The summed E-state index contributed by atoms with van der Waals surface area (Å²) in [5, 5.41) is 21.7. The Morgan fingerprint density at radius 1 is 1.19 bits per heavy atom. The van der Waals surface area contributed by atoms with Gasteiger partial charge >= 0.3 is 11.2 Å². The number of fused-ring (bicyclic) bond motifs is 2. The van der Waals surface area contributed by atoms with Crippen molar-refractivity contribution in [2.45, 2.75) is 25.4 Å². The molecule has 192 valence electrons. The molecule has 1 unspecified atom stereocenters. The minimum atomic E-state index is -0.699. The number of hydrogen-bond acceptors (Lipinski definition) is 9. The number of aryl methyl sites for hydroxylation is 1. The second-order valence-electron chi connectivity index (χ2n) is 9.22. The standard InChI is InChI=1S/C26H28N6O5/c1-36-14-13-31-22-8-5-18(16-27)28-23(22)24(25(26(31)33)32(34)35)30-11-9-29(10-12-30)21-7-4-17-3-6-19(37-2)15-20(17)21/h3,5-6,8,15,21H,4,7,9-14H2,1-2H3. The summed E-state index contributed by atoms with van der Waals surface area (Å²) in [7, 11) is 3.16. The molecular formula is C26H28N6O5. The highest BCUT2D eigenvalue weighted by atomic mass is 16.6. The van der Waals surface area contributed by atoms with Crippen molar-refractivity contribution in [1.82, 2.24) is 14.5 Å². The van der Waals surface area contributed by atoms with Gasteiger partial charge in [-0.2, -0.15) is 5.26 Å². The van der Waals surface area contributed by atoms with Gasteiger partial charge < -0.3 is 14.4 Å². The van der Waals surface area contributed by atoms with Crippen molar-refractivity contribution in [3.8, 4) is 11.8 Å². The average Bonchev–Trinajstić information content (AvgIpc) is 3.34. The van der Waals surface area contributed by atoms with Crippen LogP contribution < -0.4 is 15.2 Å². The molecule has 2 aliphatic rings. The number of nitriles is 1. The molecule has 1 saturated heterocycles.